The largest absolute Gasteiger partial charge is 0.457 e. The predicted molar refractivity (Wildman–Crippen MR) is 103 cm³/mol. The number of carbonyl (C=O) groups excluding carboxylic acids is 1. The molecule has 0 aromatic heterocycles. The van der Waals surface area contributed by atoms with E-state index in [1.807, 2.05) is 20.8 Å². The Bertz CT molecular complexity index is 485. The van der Waals surface area contributed by atoms with Crippen LogP contribution in [0.2, 0.25) is 0 Å². The van der Waals surface area contributed by atoms with Crippen molar-refractivity contribution in [2.24, 2.45) is 0 Å². The molecule has 0 radical (unpaired) electrons. The van der Waals surface area contributed by atoms with E-state index in [2.05, 4.69) is 32.9 Å². The molecule has 0 aromatic carbocycles. The second-order valence-corrected chi connectivity index (χ2v) is 7.47. The molecule has 0 aliphatic carbocycles. The SMILES string of the molecule is COC(OC)/C(=C\C(=O)OC(C)(C)C)CC/C=C(\C)CCC=C(C)C. The zero-order valence-electron chi connectivity index (χ0n) is 17.3. The van der Waals surface area contributed by atoms with Crippen LogP contribution in [0, 0.1) is 0 Å². The van der Waals surface area contributed by atoms with Crippen LogP contribution in [0.25, 0.3) is 0 Å². The highest BCUT2D eigenvalue weighted by molar-refractivity contribution is 5.83. The Balaban J connectivity index is 4.85. The predicted octanol–water partition coefficient (Wildman–Crippen LogP) is 5.35. The van der Waals surface area contributed by atoms with Gasteiger partial charge in [0.25, 0.3) is 0 Å². The lowest BCUT2D eigenvalue weighted by molar-refractivity contribution is -0.149. The third kappa shape index (κ3) is 12.6. The van der Waals surface area contributed by atoms with E-state index in [-0.39, 0.29) is 5.97 Å². The summed E-state index contributed by atoms with van der Waals surface area (Å²) in [6.07, 6.45) is 9.05. The maximum Gasteiger partial charge on any atom is 0.331 e. The summed E-state index contributed by atoms with van der Waals surface area (Å²) in [5.74, 6) is -0.370. The van der Waals surface area contributed by atoms with Gasteiger partial charge in [-0.2, -0.15) is 0 Å². The van der Waals surface area contributed by atoms with Gasteiger partial charge in [-0.3, -0.25) is 0 Å². The molecular weight excluding hydrogens is 316 g/mol. The van der Waals surface area contributed by atoms with Crippen molar-refractivity contribution in [2.45, 2.75) is 79.1 Å². The molecule has 0 fully saturated rings. The lowest BCUT2D eigenvalue weighted by atomic mass is 10.0. The van der Waals surface area contributed by atoms with E-state index in [0.717, 1.165) is 24.8 Å². The highest BCUT2D eigenvalue weighted by Gasteiger charge is 2.18. The fourth-order valence-electron chi connectivity index (χ4n) is 2.32. The van der Waals surface area contributed by atoms with Crippen LogP contribution in [0.15, 0.2) is 34.9 Å². The molecule has 0 aliphatic rings. The lowest BCUT2D eigenvalue weighted by Gasteiger charge is -2.20. The Labute approximate surface area is 153 Å². The number of hydrogen-bond acceptors (Lipinski definition) is 4. The molecule has 0 N–H and O–H groups in total. The van der Waals surface area contributed by atoms with E-state index in [9.17, 15) is 4.79 Å². The fourth-order valence-corrected chi connectivity index (χ4v) is 2.32. The molecule has 4 heteroatoms. The summed E-state index contributed by atoms with van der Waals surface area (Å²) in [5.41, 5.74) is 2.96. The van der Waals surface area contributed by atoms with Gasteiger partial charge >= 0.3 is 5.97 Å². The van der Waals surface area contributed by atoms with E-state index in [1.165, 1.54) is 17.2 Å². The molecule has 0 amide bonds. The molecule has 0 bridgehead atoms. The van der Waals surface area contributed by atoms with E-state index in [1.54, 1.807) is 14.2 Å². The Morgan fingerprint density at radius 3 is 2.00 bits per heavy atom. The smallest absolute Gasteiger partial charge is 0.331 e. The number of esters is 1. The molecule has 0 heterocycles. The molecule has 0 saturated heterocycles. The van der Waals surface area contributed by atoms with E-state index < -0.39 is 11.9 Å². The molecule has 0 saturated carbocycles. The first kappa shape index (κ1) is 23.6. The minimum atomic E-state index is -0.535. The van der Waals surface area contributed by atoms with Crippen LogP contribution in [0.4, 0.5) is 0 Å². The molecule has 0 spiro atoms. The standard InChI is InChI=1S/C21H36O4/c1-16(2)11-9-12-17(3)13-10-14-18(20(23-7)24-8)15-19(22)25-21(4,5)6/h11,13,15,20H,9-10,12,14H2,1-8H3/b17-13+,18-15-. The second-order valence-electron chi connectivity index (χ2n) is 7.47. The van der Waals surface area contributed by atoms with Crippen molar-refractivity contribution >= 4 is 5.97 Å². The number of ether oxygens (including phenoxy) is 3. The van der Waals surface area contributed by atoms with Crippen LogP contribution in [0.1, 0.15) is 67.2 Å². The maximum absolute atomic E-state index is 12.1. The van der Waals surface area contributed by atoms with Gasteiger partial charge < -0.3 is 14.2 Å². The topological polar surface area (TPSA) is 44.8 Å². The van der Waals surface area contributed by atoms with Crippen molar-refractivity contribution < 1.29 is 19.0 Å². The molecule has 0 aliphatic heterocycles. The Hall–Kier alpha value is -1.39. The van der Waals surface area contributed by atoms with Crippen molar-refractivity contribution in [3.63, 3.8) is 0 Å². The molecule has 144 valence electrons. The number of carbonyl (C=O) groups is 1. The van der Waals surface area contributed by atoms with E-state index in [0.29, 0.717) is 6.42 Å². The summed E-state index contributed by atoms with van der Waals surface area (Å²) in [4.78, 5) is 12.1. The van der Waals surface area contributed by atoms with Gasteiger partial charge in [-0.1, -0.05) is 23.3 Å². The van der Waals surface area contributed by atoms with Crippen LogP contribution in [-0.2, 0) is 19.0 Å². The maximum atomic E-state index is 12.1. The van der Waals surface area contributed by atoms with Crippen molar-refractivity contribution in [2.75, 3.05) is 14.2 Å². The minimum absolute atomic E-state index is 0.370. The fraction of sp³-hybridized carbons (Fsp3) is 0.667. The van der Waals surface area contributed by atoms with Gasteiger partial charge in [0.2, 0.25) is 0 Å². The molecule has 25 heavy (non-hydrogen) atoms. The van der Waals surface area contributed by atoms with Gasteiger partial charge in [0.05, 0.1) is 0 Å². The van der Waals surface area contributed by atoms with E-state index in [4.69, 9.17) is 14.2 Å². The molecule has 0 atom stereocenters. The summed E-state index contributed by atoms with van der Waals surface area (Å²) in [6.45, 7) is 11.9. The van der Waals surface area contributed by atoms with Crippen LogP contribution in [0.5, 0.6) is 0 Å². The van der Waals surface area contributed by atoms with Gasteiger partial charge in [-0.05, 0) is 72.8 Å². The molecular formula is C21H36O4. The first-order valence-corrected chi connectivity index (χ1v) is 8.87. The van der Waals surface area contributed by atoms with Crippen molar-refractivity contribution in [3.05, 3.63) is 34.9 Å². The Morgan fingerprint density at radius 1 is 0.960 bits per heavy atom. The molecule has 4 nitrogen and oxygen atoms in total. The number of allylic oxidation sites excluding steroid dienone is 4. The Morgan fingerprint density at radius 2 is 1.52 bits per heavy atom. The minimum Gasteiger partial charge on any atom is -0.457 e. The first-order chi connectivity index (χ1) is 11.6. The normalized spacial score (nSPS) is 13.2. The summed E-state index contributed by atoms with van der Waals surface area (Å²) in [6, 6.07) is 0. The molecule has 0 unspecified atom stereocenters. The summed E-state index contributed by atoms with van der Waals surface area (Å²) in [5, 5.41) is 0. The Kier molecular flexibility index (Phi) is 11.4. The average Bonchev–Trinajstić information content (AvgIpc) is 2.45. The highest BCUT2D eigenvalue weighted by Crippen LogP contribution is 2.18. The lowest BCUT2D eigenvalue weighted by Crippen LogP contribution is -2.24. The quantitative estimate of drug-likeness (QED) is 0.230. The van der Waals surface area contributed by atoms with Gasteiger partial charge in [-0.25, -0.2) is 4.79 Å². The van der Waals surface area contributed by atoms with Gasteiger partial charge in [-0.15, -0.1) is 0 Å². The number of methoxy groups -OCH3 is 2. The second kappa shape index (κ2) is 12.0. The van der Waals surface area contributed by atoms with Crippen molar-refractivity contribution in [1.82, 2.24) is 0 Å². The molecule has 0 rings (SSSR count). The summed E-state index contributed by atoms with van der Waals surface area (Å²) in [7, 11) is 3.13. The van der Waals surface area contributed by atoms with Crippen LogP contribution in [-0.4, -0.2) is 32.1 Å². The molecule has 0 aromatic rings. The zero-order chi connectivity index (χ0) is 19.5. The third-order valence-electron chi connectivity index (χ3n) is 3.46. The van der Waals surface area contributed by atoms with Gasteiger partial charge in [0.15, 0.2) is 6.29 Å². The van der Waals surface area contributed by atoms with Crippen molar-refractivity contribution in [3.8, 4) is 0 Å². The van der Waals surface area contributed by atoms with Gasteiger partial charge in [0.1, 0.15) is 5.60 Å². The number of rotatable bonds is 10. The van der Waals surface area contributed by atoms with Gasteiger partial charge in [0, 0.05) is 20.3 Å². The average molecular weight is 353 g/mol. The summed E-state index contributed by atoms with van der Waals surface area (Å²) < 4.78 is 16.0. The highest BCUT2D eigenvalue weighted by atomic mass is 16.7. The van der Waals surface area contributed by atoms with Crippen LogP contribution < -0.4 is 0 Å². The summed E-state index contributed by atoms with van der Waals surface area (Å²) >= 11 is 0. The number of hydrogen-bond donors (Lipinski definition) is 0. The third-order valence-corrected chi connectivity index (χ3v) is 3.46. The monoisotopic (exact) mass is 352 g/mol. The zero-order valence-corrected chi connectivity index (χ0v) is 17.3. The van der Waals surface area contributed by atoms with Crippen LogP contribution in [0.3, 0.4) is 0 Å². The van der Waals surface area contributed by atoms with Crippen molar-refractivity contribution in [1.29, 1.82) is 0 Å². The van der Waals surface area contributed by atoms with Crippen LogP contribution >= 0.6 is 0 Å². The van der Waals surface area contributed by atoms with E-state index >= 15 is 0 Å². The first-order valence-electron chi connectivity index (χ1n) is 8.87.